The Morgan fingerprint density at radius 1 is 1.45 bits per heavy atom. The maximum absolute atomic E-state index is 11.8. The zero-order valence-electron chi connectivity index (χ0n) is 11.5. The third-order valence-electron chi connectivity index (χ3n) is 3.38. The number of nitrogens with one attached hydrogen (secondary N) is 1. The first-order chi connectivity index (χ1) is 9.54. The van der Waals surface area contributed by atoms with Crippen molar-refractivity contribution in [3.63, 3.8) is 0 Å². The van der Waals surface area contributed by atoms with Crippen molar-refractivity contribution < 1.29 is 14.7 Å². The summed E-state index contributed by atoms with van der Waals surface area (Å²) in [4.78, 5) is 22.6. The van der Waals surface area contributed by atoms with Crippen LogP contribution in [0.4, 0.5) is 0 Å². The van der Waals surface area contributed by atoms with Crippen molar-refractivity contribution in [2.45, 2.75) is 32.2 Å². The lowest BCUT2D eigenvalue weighted by Crippen LogP contribution is -2.37. The van der Waals surface area contributed by atoms with Crippen molar-refractivity contribution >= 4 is 18.0 Å². The van der Waals surface area contributed by atoms with Crippen LogP contribution in [0.5, 0.6) is 0 Å². The van der Waals surface area contributed by atoms with Gasteiger partial charge in [0.2, 0.25) is 5.91 Å². The van der Waals surface area contributed by atoms with Crippen LogP contribution in [-0.2, 0) is 9.59 Å². The van der Waals surface area contributed by atoms with Crippen LogP contribution in [0.3, 0.4) is 0 Å². The van der Waals surface area contributed by atoms with Gasteiger partial charge in [-0.1, -0.05) is 29.8 Å². The van der Waals surface area contributed by atoms with E-state index in [4.69, 9.17) is 5.11 Å². The first kappa shape index (κ1) is 14.3. The monoisotopic (exact) mass is 273 g/mol. The zero-order valence-corrected chi connectivity index (χ0v) is 11.5. The second-order valence-electron chi connectivity index (χ2n) is 5.30. The van der Waals surface area contributed by atoms with Gasteiger partial charge in [0, 0.05) is 12.1 Å². The Labute approximate surface area is 118 Å². The van der Waals surface area contributed by atoms with Gasteiger partial charge < -0.3 is 10.4 Å². The Bertz CT molecular complexity index is 532. The van der Waals surface area contributed by atoms with Gasteiger partial charge in [0.25, 0.3) is 0 Å². The number of hydrogen-bond donors (Lipinski definition) is 2. The summed E-state index contributed by atoms with van der Waals surface area (Å²) in [5, 5.41) is 11.6. The maximum Gasteiger partial charge on any atom is 0.305 e. The summed E-state index contributed by atoms with van der Waals surface area (Å²) < 4.78 is 0. The first-order valence-electron chi connectivity index (χ1n) is 6.81. The fraction of sp³-hybridized carbons (Fsp3) is 0.375. The van der Waals surface area contributed by atoms with Crippen LogP contribution in [0.1, 0.15) is 30.4 Å². The van der Waals surface area contributed by atoms with Crippen LogP contribution in [0.25, 0.3) is 6.08 Å². The molecule has 2 N–H and O–H groups in total. The van der Waals surface area contributed by atoms with E-state index in [1.165, 1.54) is 6.08 Å². The van der Waals surface area contributed by atoms with E-state index in [9.17, 15) is 9.59 Å². The Morgan fingerprint density at radius 2 is 2.20 bits per heavy atom. The molecule has 0 heterocycles. The Morgan fingerprint density at radius 3 is 2.80 bits per heavy atom. The smallest absolute Gasteiger partial charge is 0.305 e. The lowest BCUT2D eigenvalue weighted by Gasteiger charge is -2.14. The zero-order chi connectivity index (χ0) is 14.5. The van der Waals surface area contributed by atoms with Gasteiger partial charge in [-0.25, -0.2) is 0 Å². The van der Waals surface area contributed by atoms with Crippen LogP contribution in [0, 0.1) is 12.8 Å². The van der Waals surface area contributed by atoms with Gasteiger partial charge in [0.1, 0.15) is 0 Å². The molecule has 1 aliphatic rings. The lowest BCUT2D eigenvalue weighted by atomic mass is 10.1. The summed E-state index contributed by atoms with van der Waals surface area (Å²) in [6.45, 7) is 1.99. The maximum atomic E-state index is 11.8. The summed E-state index contributed by atoms with van der Waals surface area (Å²) in [5.41, 5.74) is 2.09. The number of carbonyl (C=O) groups is 2. The van der Waals surface area contributed by atoms with E-state index in [-0.39, 0.29) is 18.4 Å². The molecule has 0 saturated heterocycles. The van der Waals surface area contributed by atoms with E-state index in [1.807, 2.05) is 31.2 Å². The predicted molar refractivity (Wildman–Crippen MR) is 77.1 cm³/mol. The van der Waals surface area contributed by atoms with Crippen molar-refractivity contribution in [1.82, 2.24) is 5.32 Å². The number of amides is 1. The molecule has 1 atom stereocenters. The first-order valence-corrected chi connectivity index (χ1v) is 6.81. The molecule has 1 unspecified atom stereocenters. The number of rotatable bonds is 6. The lowest BCUT2D eigenvalue weighted by molar-refractivity contribution is -0.137. The molecule has 1 aliphatic carbocycles. The summed E-state index contributed by atoms with van der Waals surface area (Å²) >= 11 is 0. The summed E-state index contributed by atoms with van der Waals surface area (Å²) in [6.07, 6.45) is 5.20. The van der Waals surface area contributed by atoms with Crippen LogP contribution in [0.2, 0.25) is 0 Å². The molecular weight excluding hydrogens is 254 g/mol. The molecule has 106 valence electrons. The Balaban J connectivity index is 1.92. The van der Waals surface area contributed by atoms with Crippen molar-refractivity contribution in [2.24, 2.45) is 5.92 Å². The number of hydrogen-bond acceptors (Lipinski definition) is 2. The van der Waals surface area contributed by atoms with E-state index >= 15 is 0 Å². The van der Waals surface area contributed by atoms with E-state index < -0.39 is 5.97 Å². The minimum Gasteiger partial charge on any atom is -0.481 e. The van der Waals surface area contributed by atoms with Gasteiger partial charge in [0.15, 0.2) is 0 Å². The minimum absolute atomic E-state index is 0.00527. The topological polar surface area (TPSA) is 66.4 Å². The quantitative estimate of drug-likeness (QED) is 0.782. The SMILES string of the molecule is Cc1cccc(/C=C/C(=O)NC(CC(=O)O)C2CC2)c1. The highest BCUT2D eigenvalue weighted by Gasteiger charge is 2.33. The average Bonchev–Trinajstić information content (AvgIpc) is 3.19. The Hall–Kier alpha value is -2.10. The van der Waals surface area contributed by atoms with Crippen LogP contribution >= 0.6 is 0 Å². The van der Waals surface area contributed by atoms with Gasteiger partial charge >= 0.3 is 5.97 Å². The standard InChI is InChI=1S/C16H19NO3/c1-11-3-2-4-12(9-11)5-8-15(18)17-14(10-16(19)20)13-6-7-13/h2-5,8-9,13-14H,6-7,10H2,1H3,(H,17,18)(H,19,20)/b8-5+. The molecule has 1 saturated carbocycles. The molecule has 1 aromatic carbocycles. The fourth-order valence-electron chi connectivity index (χ4n) is 2.20. The third kappa shape index (κ3) is 4.53. The summed E-state index contributed by atoms with van der Waals surface area (Å²) in [5.74, 6) is -0.781. The van der Waals surface area contributed by atoms with E-state index in [0.717, 1.165) is 24.0 Å². The van der Waals surface area contributed by atoms with E-state index in [1.54, 1.807) is 6.08 Å². The van der Waals surface area contributed by atoms with Crippen molar-refractivity contribution in [3.05, 3.63) is 41.5 Å². The van der Waals surface area contributed by atoms with Crippen LogP contribution < -0.4 is 5.32 Å². The number of carboxylic acid groups (broad SMARTS) is 1. The molecule has 4 heteroatoms. The molecule has 0 bridgehead atoms. The molecular formula is C16H19NO3. The highest BCUT2D eigenvalue weighted by Crippen LogP contribution is 2.34. The number of carboxylic acids is 1. The molecule has 1 aromatic rings. The molecule has 0 aromatic heterocycles. The van der Waals surface area contributed by atoms with Crippen LogP contribution in [0.15, 0.2) is 30.3 Å². The normalized spacial score (nSPS) is 16.1. The molecule has 2 rings (SSSR count). The second kappa shape index (κ2) is 6.37. The van der Waals surface area contributed by atoms with Crippen LogP contribution in [-0.4, -0.2) is 23.0 Å². The minimum atomic E-state index is -0.870. The Kier molecular flexibility index (Phi) is 4.56. The summed E-state index contributed by atoms with van der Waals surface area (Å²) in [6, 6.07) is 7.59. The molecule has 0 radical (unpaired) electrons. The van der Waals surface area contributed by atoms with Gasteiger partial charge in [0.05, 0.1) is 6.42 Å². The number of aryl methyl sites for hydroxylation is 1. The molecule has 0 spiro atoms. The van der Waals surface area contributed by atoms with Gasteiger partial charge in [-0.2, -0.15) is 0 Å². The average molecular weight is 273 g/mol. The third-order valence-corrected chi connectivity index (χ3v) is 3.38. The highest BCUT2D eigenvalue weighted by atomic mass is 16.4. The summed E-state index contributed by atoms with van der Waals surface area (Å²) in [7, 11) is 0. The molecule has 1 amide bonds. The largest absolute Gasteiger partial charge is 0.481 e. The molecule has 4 nitrogen and oxygen atoms in total. The number of benzene rings is 1. The van der Waals surface area contributed by atoms with Crippen molar-refractivity contribution in [1.29, 1.82) is 0 Å². The van der Waals surface area contributed by atoms with Gasteiger partial charge in [-0.15, -0.1) is 0 Å². The van der Waals surface area contributed by atoms with Crippen molar-refractivity contribution in [3.8, 4) is 0 Å². The second-order valence-corrected chi connectivity index (χ2v) is 5.30. The van der Waals surface area contributed by atoms with E-state index in [0.29, 0.717) is 5.92 Å². The van der Waals surface area contributed by atoms with Crippen molar-refractivity contribution in [2.75, 3.05) is 0 Å². The highest BCUT2D eigenvalue weighted by molar-refractivity contribution is 5.92. The number of aliphatic carboxylic acids is 1. The predicted octanol–water partition coefficient (Wildman–Crippen LogP) is 2.38. The number of carbonyl (C=O) groups excluding carboxylic acids is 1. The van der Waals surface area contributed by atoms with Gasteiger partial charge in [-0.05, 0) is 37.3 Å². The fourth-order valence-corrected chi connectivity index (χ4v) is 2.20. The molecule has 20 heavy (non-hydrogen) atoms. The van der Waals surface area contributed by atoms with E-state index in [2.05, 4.69) is 5.32 Å². The molecule has 0 aliphatic heterocycles. The molecule has 1 fully saturated rings. The van der Waals surface area contributed by atoms with Gasteiger partial charge in [-0.3, -0.25) is 9.59 Å².